The van der Waals surface area contributed by atoms with Gasteiger partial charge in [-0.3, -0.25) is 9.97 Å². The highest BCUT2D eigenvalue weighted by atomic mass is 19.3. The third kappa shape index (κ3) is 4.42. The fraction of sp³-hybridized carbons (Fsp3) is 0.348. The van der Waals surface area contributed by atoms with E-state index in [-0.39, 0.29) is 25.3 Å². The number of hydrogen-bond donors (Lipinski definition) is 3. The third-order valence-electron chi connectivity index (χ3n) is 6.45. The zero-order chi connectivity index (χ0) is 25.4. The minimum atomic E-state index is -2.96. The lowest BCUT2D eigenvalue weighted by Crippen LogP contribution is -2.63. The Hall–Kier alpha value is -3.84. The molecule has 4 aromatic rings. The quantitative estimate of drug-likeness (QED) is 0.363. The average molecular weight is 500 g/mol. The average Bonchev–Trinajstić information content (AvgIpc) is 3.28. The zero-order valence-corrected chi connectivity index (χ0v) is 19.1. The third-order valence-corrected chi connectivity index (χ3v) is 6.45. The monoisotopic (exact) mass is 499 g/mol. The standard InChI is InChI=1S/C23H24F3N9O/c24-14-2-3-15(29-7-14)16-6-13(9-35-12-33-18-21(27)31-11-32-22(18)35)17(8-30-16)34-5-1-4-23(28,10-34)19(36)20(25)26/h2-3,6-8,11-12,19-20,36H,1,4-5,9-10,28H2,(H2,27,31,32)/t19-,23+/m0/s1. The van der Waals surface area contributed by atoms with E-state index in [2.05, 4.69) is 24.9 Å². The number of fused-ring (bicyclic) bond motifs is 1. The van der Waals surface area contributed by atoms with Crippen molar-refractivity contribution in [3.63, 3.8) is 0 Å². The van der Waals surface area contributed by atoms with Gasteiger partial charge in [-0.2, -0.15) is 0 Å². The molecule has 1 aliphatic heterocycles. The van der Waals surface area contributed by atoms with Crippen molar-refractivity contribution in [2.75, 3.05) is 23.7 Å². The van der Waals surface area contributed by atoms with Gasteiger partial charge in [0.2, 0.25) is 0 Å². The summed E-state index contributed by atoms with van der Waals surface area (Å²) >= 11 is 0. The van der Waals surface area contributed by atoms with Crippen molar-refractivity contribution in [3.8, 4) is 11.4 Å². The van der Waals surface area contributed by atoms with Crippen molar-refractivity contribution in [3.05, 3.63) is 54.6 Å². The molecule has 0 saturated carbocycles. The summed E-state index contributed by atoms with van der Waals surface area (Å²) in [7, 11) is 0. The largest absolute Gasteiger partial charge is 0.385 e. The number of nitrogen functional groups attached to an aromatic ring is 1. The molecule has 0 unspecified atom stereocenters. The first-order chi connectivity index (χ1) is 17.2. The predicted molar refractivity (Wildman–Crippen MR) is 127 cm³/mol. The minimum absolute atomic E-state index is 0.0150. The molecule has 0 amide bonds. The van der Waals surface area contributed by atoms with Gasteiger partial charge in [-0.25, -0.2) is 28.1 Å². The predicted octanol–water partition coefficient (Wildman–Crippen LogP) is 1.98. The normalized spacial score (nSPS) is 19.2. The molecule has 0 aromatic carbocycles. The van der Waals surface area contributed by atoms with Gasteiger partial charge in [0.1, 0.15) is 23.8 Å². The number of alkyl halides is 2. The molecular weight excluding hydrogens is 475 g/mol. The van der Waals surface area contributed by atoms with Crippen LogP contribution in [0.2, 0.25) is 0 Å². The lowest BCUT2D eigenvalue weighted by Gasteiger charge is -2.44. The van der Waals surface area contributed by atoms with E-state index in [1.54, 1.807) is 23.2 Å². The first-order valence-corrected chi connectivity index (χ1v) is 11.3. The maximum Gasteiger partial charge on any atom is 0.265 e. The van der Waals surface area contributed by atoms with Crippen molar-refractivity contribution >= 4 is 22.7 Å². The number of nitrogens with zero attached hydrogens (tertiary/aromatic N) is 7. The van der Waals surface area contributed by atoms with Crippen molar-refractivity contribution in [2.24, 2.45) is 5.73 Å². The van der Waals surface area contributed by atoms with Crippen molar-refractivity contribution in [1.82, 2.24) is 29.5 Å². The molecule has 0 bridgehead atoms. The molecule has 1 saturated heterocycles. The molecule has 10 nitrogen and oxygen atoms in total. The van der Waals surface area contributed by atoms with Crippen LogP contribution in [-0.4, -0.2) is 65.8 Å². The van der Waals surface area contributed by atoms with E-state index >= 15 is 0 Å². The molecular formula is C23H24F3N9O. The maximum absolute atomic E-state index is 13.4. The molecule has 1 fully saturated rings. The van der Waals surface area contributed by atoms with Gasteiger partial charge in [-0.1, -0.05) is 0 Å². The number of halogens is 3. The summed E-state index contributed by atoms with van der Waals surface area (Å²) in [6.07, 6.45) is 1.50. The van der Waals surface area contributed by atoms with Crippen LogP contribution < -0.4 is 16.4 Å². The summed E-state index contributed by atoms with van der Waals surface area (Å²) in [6.45, 7) is 0.836. The van der Waals surface area contributed by atoms with Crippen LogP contribution in [0.3, 0.4) is 0 Å². The lowest BCUT2D eigenvalue weighted by atomic mass is 9.84. The topological polar surface area (TPSA) is 145 Å². The Morgan fingerprint density at radius 3 is 2.64 bits per heavy atom. The molecule has 2 atom stereocenters. The van der Waals surface area contributed by atoms with Crippen LogP contribution in [0.25, 0.3) is 22.6 Å². The molecule has 5 heterocycles. The molecule has 0 radical (unpaired) electrons. The van der Waals surface area contributed by atoms with Crippen molar-refractivity contribution in [1.29, 1.82) is 0 Å². The second-order valence-corrected chi connectivity index (χ2v) is 8.90. The van der Waals surface area contributed by atoms with Gasteiger partial charge < -0.3 is 26.0 Å². The Kier molecular flexibility index (Phi) is 6.18. The summed E-state index contributed by atoms with van der Waals surface area (Å²) in [5, 5.41) is 10.1. The molecule has 5 N–H and O–H groups in total. The minimum Gasteiger partial charge on any atom is -0.385 e. The van der Waals surface area contributed by atoms with Gasteiger partial charge in [0.15, 0.2) is 11.5 Å². The first-order valence-electron chi connectivity index (χ1n) is 11.3. The van der Waals surface area contributed by atoms with Crippen LogP contribution in [-0.2, 0) is 6.54 Å². The van der Waals surface area contributed by atoms with Gasteiger partial charge in [0.25, 0.3) is 6.43 Å². The van der Waals surface area contributed by atoms with Gasteiger partial charge in [0.05, 0.1) is 47.9 Å². The van der Waals surface area contributed by atoms with E-state index in [9.17, 15) is 18.3 Å². The molecule has 13 heteroatoms. The molecule has 188 valence electrons. The van der Waals surface area contributed by atoms with Crippen molar-refractivity contribution < 1.29 is 18.3 Å². The zero-order valence-electron chi connectivity index (χ0n) is 19.1. The lowest BCUT2D eigenvalue weighted by molar-refractivity contribution is -0.0529. The second-order valence-electron chi connectivity index (χ2n) is 8.90. The first kappa shape index (κ1) is 23.9. The summed E-state index contributed by atoms with van der Waals surface area (Å²) in [5.41, 5.74) is 14.0. The number of aromatic nitrogens is 6. The molecule has 1 aliphatic rings. The van der Waals surface area contributed by atoms with Crippen LogP contribution in [0.15, 0.2) is 43.2 Å². The number of pyridine rings is 2. The van der Waals surface area contributed by atoms with E-state index in [1.165, 1.54) is 18.5 Å². The van der Waals surface area contributed by atoms with Gasteiger partial charge in [-0.15, -0.1) is 0 Å². The fourth-order valence-electron chi connectivity index (χ4n) is 4.58. The number of nitrogens with two attached hydrogens (primary N) is 2. The maximum atomic E-state index is 13.4. The second kappa shape index (κ2) is 9.32. The smallest absolute Gasteiger partial charge is 0.265 e. The highest BCUT2D eigenvalue weighted by Crippen LogP contribution is 2.33. The Bertz CT molecular complexity index is 1380. The number of aliphatic hydroxyl groups excluding tert-OH is 1. The van der Waals surface area contributed by atoms with Crippen LogP contribution in [0.5, 0.6) is 0 Å². The number of hydrogen-bond acceptors (Lipinski definition) is 9. The Morgan fingerprint density at radius 2 is 1.89 bits per heavy atom. The van der Waals surface area contributed by atoms with Crippen LogP contribution >= 0.6 is 0 Å². The number of piperidine rings is 1. The highest BCUT2D eigenvalue weighted by Gasteiger charge is 2.43. The summed E-state index contributed by atoms with van der Waals surface area (Å²) in [5.74, 6) is -0.224. The number of anilines is 2. The summed E-state index contributed by atoms with van der Waals surface area (Å²) < 4.78 is 41.9. The molecule has 4 aromatic heterocycles. The van der Waals surface area contributed by atoms with Crippen LogP contribution in [0, 0.1) is 5.82 Å². The number of imidazole rings is 1. The highest BCUT2D eigenvalue weighted by molar-refractivity contribution is 5.81. The summed E-state index contributed by atoms with van der Waals surface area (Å²) in [4.78, 5) is 23.0. The molecule has 36 heavy (non-hydrogen) atoms. The summed E-state index contributed by atoms with van der Waals surface area (Å²) in [6, 6.07) is 4.61. The molecule has 0 aliphatic carbocycles. The van der Waals surface area contributed by atoms with Crippen LogP contribution in [0.4, 0.5) is 24.7 Å². The van der Waals surface area contributed by atoms with E-state index in [0.29, 0.717) is 41.2 Å². The van der Waals surface area contributed by atoms with Crippen LogP contribution in [0.1, 0.15) is 18.4 Å². The van der Waals surface area contributed by atoms with E-state index in [0.717, 1.165) is 11.8 Å². The van der Waals surface area contributed by atoms with Gasteiger partial charge in [0, 0.05) is 13.1 Å². The Labute approximate surface area is 203 Å². The number of rotatable bonds is 6. The molecule has 5 rings (SSSR count). The Balaban J connectivity index is 1.56. The fourth-order valence-corrected chi connectivity index (χ4v) is 4.58. The SMILES string of the molecule is Nc1ncnc2c1ncn2Cc1cc(-c2ccc(F)cn2)ncc1N1CCC[C@](N)([C@@H](O)C(F)F)C1. The van der Waals surface area contributed by atoms with E-state index in [4.69, 9.17) is 11.5 Å². The number of aliphatic hydroxyl groups is 1. The van der Waals surface area contributed by atoms with Gasteiger partial charge >= 0.3 is 0 Å². The van der Waals surface area contributed by atoms with E-state index < -0.39 is 23.9 Å². The Morgan fingerprint density at radius 1 is 1.08 bits per heavy atom. The molecule has 0 spiro atoms. The van der Waals surface area contributed by atoms with Gasteiger partial charge in [-0.05, 0) is 36.6 Å². The van der Waals surface area contributed by atoms with E-state index in [1.807, 2.05) is 4.90 Å². The van der Waals surface area contributed by atoms with Crippen molar-refractivity contribution in [2.45, 2.75) is 37.5 Å².